The highest BCUT2D eigenvalue weighted by Crippen LogP contribution is 2.30. The standard InChI is InChI=1S/C19H25NO/c1-14-12-18(10-7-11-20)16(3)19(15(14)2)21-13-17-8-5-4-6-9-17/h4-6,8-9,12H,7,10-11,13,20H2,1-3H3. The summed E-state index contributed by atoms with van der Waals surface area (Å²) in [6.07, 6.45) is 2.03. The van der Waals surface area contributed by atoms with Crippen molar-refractivity contribution in [3.63, 3.8) is 0 Å². The van der Waals surface area contributed by atoms with Gasteiger partial charge in [-0.2, -0.15) is 0 Å². The predicted molar refractivity (Wildman–Crippen MR) is 88.8 cm³/mol. The van der Waals surface area contributed by atoms with Gasteiger partial charge in [-0.1, -0.05) is 36.4 Å². The summed E-state index contributed by atoms with van der Waals surface area (Å²) in [7, 11) is 0. The van der Waals surface area contributed by atoms with Gasteiger partial charge in [0.05, 0.1) is 0 Å². The van der Waals surface area contributed by atoms with E-state index in [1.165, 1.54) is 27.8 Å². The molecule has 21 heavy (non-hydrogen) atoms. The lowest BCUT2D eigenvalue weighted by Gasteiger charge is -2.18. The summed E-state index contributed by atoms with van der Waals surface area (Å²) in [5.41, 5.74) is 12.0. The molecule has 0 spiro atoms. The molecule has 2 nitrogen and oxygen atoms in total. The van der Waals surface area contributed by atoms with Gasteiger partial charge in [-0.15, -0.1) is 0 Å². The minimum absolute atomic E-state index is 0.613. The van der Waals surface area contributed by atoms with Gasteiger partial charge >= 0.3 is 0 Å². The third-order valence-electron chi connectivity index (χ3n) is 4.02. The Morgan fingerprint density at radius 1 is 1.00 bits per heavy atom. The van der Waals surface area contributed by atoms with Crippen LogP contribution in [-0.4, -0.2) is 6.54 Å². The van der Waals surface area contributed by atoms with Crippen molar-refractivity contribution in [2.45, 2.75) is 40.2 Å². The molecule has 2 aromatic carbocycles. The summed E-state index contributed by atoms with van der Waals surface area (Å²) < 4.78 is 6.12. The predicted octanol–water partition coefficient (Wildman–Crippen LogP) is 4.08. The van der Waals surface area contributed by atoms with Gasteiger partial charge in [0.1, 0.15) is 12.4 Å². The van der Waals surface area contributed by atoms with Crippen molar-refractivity contribution in [3.05, 3.63) is 64.2 Å². The van der Waals surface area contributed by atoms with Crippen molar-refractivity contribution < 1.29 is 4.74 Å². The fourth-order valence-corrected chi connectivity index (χ4v) is 2.58. The van der Waals surface area contributed by atoms with E-state index in [0.29, 0.717) is 6.61 Å². The second-order valence-corrected chi connectivity index (χ2v) is 5.60. The van der Waals surface area contributed by atoms with E-state index in [0.717, 1.165) is 25.1 Å². The first-order chi connectivity index (χ1) is 10.1. The van der Waals surface area contributed by atoms with Crippen LogP contribution in [0.2, 0.25) is 0 Å². The minimum Gasteiger partial charge on any atom is -0.488 e. The van der Waals surface area contributed by atoms with Gasteiger partial charge in [-0.3, -0.25) is 0 Å². The number of benzene rings is 2. The maximum absolute atomic E-state index is 6.12. The van der Waals surface area contributed by atoms with Gasteiger partial charge in [0.2, 0.25) is 0 Å². The molecule has 112 valence electrons. The number of hydrogen-bond acceptors (Lipinski definition) is 2. The van der Waals surface area contributed by atoms with Crippen LogP contribution in [0.25, 0.3) is 0 Å². The molecule has 0 aliphatic rings. The molecule has 0 fully saturated rings. The molecule has 2 aromatic rings. The Kier molecular flexibility index (Phi) is 5.40. The van der Waals surface area contributed by atoms with Crippen LogP contribution in [0, 0.1) is 20.8 Å². The molecule has 0 saturated carbocycles. The van der Waals surface area contributed by atoms with E-state index in [9.17, 15) is 0 Å². The average Bonchev–Trinajstić information content (AvgIpc) is 2.50. The summed E-state index contributed by atoms with van der Waals surface area (Å²) >= 11 is 0. The number of rotatable bonds is 6. The largest absolute Gasteiger partial charge is 0.488 e. The summed E-state index contributed by atoms with van der Waals surface area (Å²) in [6.45, 7) is 7.78. The highest BCUT2D eigenvalue weighted by atomic mass is 16.5. The second kappa shape index (κ2) is 7.28. The molecule has 0 atom stereocenters. The van der Waals surface area contributed by atoms with E-state index in [1.54, 1.807) is 0 Å². The fourth-order valence-electron chi connectivity index (χ4n) is 2.58. The highest BCUT2D eigenvalue weighted by Gasteiger charge is 2.11. The smallest absolute Gasteiger partial charge is 0.126 e. The Morgan fingerprint density at radius 3 is 2.38 bits per heavy atom. The van der Waals surface area contributed by atoms with Crippen molar-refractivity contribution in [2.75, 3.05) is 6.54 Å². The number of hydrogen-bond donors (Lipinski definition) is 1. The first kappa shape index (κ1) is 15.6. The average molecular weight is 283 g/mol. The topological polar surface area (TPSA) is 35.2 Å². The summed E-state index contributed by atoms with van der Waals surface area (Å²) in [5, 5.41) is 0. The third-order valence-corrected chi connectivity index (χ3v) is 4.02. The first-order valence-electron chi connectivity index (χ1n) is 7.60. The molecule has 0 bridgehead atoms. The summed E-state index contributed by atoms with van der Waals surface area (Å²) in [6, 6.07) is 12.6. The van der Waals surface area contributed by atoms with Crippen LogP contribution in [0.15, 0.2) is 36.4 Å². The van der Waals surface area contributed by atoms with E-state index < -0.39 is 0 Å². The van der Waals surface area contributed by atoms with Gasteiger partial charge in [0.15, 0.2) is 0 Å². The molecule has 0 heterocycles. The van der Waals surface area contributed by atoms with Gasteiger partial charge in [0, 0.05) is 0 Å². The number of aryl methyl sites for hydroxylation is 2. The lowest BCUT2D eigenvalue weighted by molar-refractivity contribution is 0.301. The Labute approximate surface area is 127 Å². The Bertz CT molecular complexity index is 590. The quantitative estimate of drug-likeness (QED) is 0.867. The summed E-state index contributed by atoms with van der Waals surface area (Å²) in [4.78, 5) is 0. The zero-order chi connectivity index (χ0) is 15.2. The summed E-state index contributed by atoms with van der Waals surface area (Å²) in [5.74, 6) is 1.03. The van der Waals surface area contributed by atoms with Crippen molar-refractivity contribution >= 4 is 0 Å². The Hall–Kier alpha value is -1.80. The van der Waals surface area contributed by atoms with Crippen LogP contribution in [0.1, 0.15) is 34.2 Å². The Balaban J connectivity index is 2.23. The zero-order valence-corrected chi connectivity index (χ0v) is 13.3. The molecular formula is C19H25NO. The molecular weight excluding hydrogens is 258 g/mol. The first-order valence-corrected chi connectivity index (χ1v) is 7.60. The molecule has 0 aliphatic carbocycles. The monoisotopic (exact) mass is 283 g/mol. The van der Waals surface area contributed by atoms with E-state index in [1.807, 2.05) is 18.2 Å². The molecule has 0 aliphatic heterocycles. The fraction of sp³-hybridized carbons (Fsp3) is 0.368. The molecule has 2 N–H and O–H groups in total. The Morgan fingerprint density at radius 2 is 1.71 bits per heavy atom. The number of ether oxygens (including phenoxy) is 1. The van der Waals surface area contributed by atoms with E-state index >= 15 is 0 Å². The lowest BCUT2D eigenvalue weighted by atomic mass is 9.96. The van der Waals surface area contributed by atoms with Crippen LogP contribution in [0.3, 0.4) is 0 Å². The maximum Gasteiger partial charge on any atom is 0.126 e. The molecule has 0 unspecified atom stereocenters. The molecule has 0 aromatic heterocycles. The van der Waals surface area contributed by atoms with E-state index in [2.05, 4.69) is 39.0 Å². The van der Waals surface area contributed by atoms with Crippen LogP contribution in [0.5, 0.6) is 5.75 Å². The van der Waals surface area contributed by atoms with Crippen LogP contribution in [0.4, 0.5) is 0 Å². The zero-order valence-electron chi connectivity index (χ0n) is 13.3. The van der Waals surface area contributed by atoms with Crippen molar-refractivity contribution in [3.8, 4) is 5.75 Å². The van der Waals surface area contributed by atoms with Crippen molar-refractivity contribution in [1.29, 1.82) is 0 Å². The minimum atomic E-state index is 0.613. The van der Waals surface area contributed by atoms with E-state index in [4.69, 9.17) is 10.5 Å². The van der Waals surface area contributed by atoms with Gasteiger partial charge in [-0.05, 0) is 68.0 Å². The van der Waals surface area contributed by atoms with Gasteiger partial charge < -0.3 is 10.5 Å². The van der Waals surface area contributed by atoms with Gasteiger partial charge in [0.25, 0.3) is 0 Å². The van der Waals surface area contributed by atoms with E-state index in [-0.39, 0.29) is 0 Å². The maximum atomic E-state index is 6.12. The number of nitrogens with two attached hydrogens (primary N) is 1. The van der Waals surface area contributed by atoms with Crippen LogP contribution in [-0.2, 0) is 13.0 Å². The normalized spacial score (nSPS) is 10.7. The van der Waals surface area contributed by atoms with Crippen LogP contribution >= 0.6 is 0 Å². The second-order valence-electron chi connectivity index (χ2n) is 5.60. The highest BCUT2D eigenvalue weighted by molar-refractivity contribution is 5.49. The molecule has 0 saturated heterocycles. The van der Waals surface area contributed by atoms with Gasteiger partial charge in [-0.25, -0.2) is 0 Å². The molecule has 2 heteroatoms. The molecule has 0 amide bonds. The van der Waals surface area contributed by atoms with Crippen molar-refractivity contribution in [2.24, 2.45) is 5.73 Å². The van der Waals surface area contributed by atoms with Crippen molar-refractivity contribution in [1.82, 2.24) is 0 Å². The van der Waals surface area contributed by atoms with Crippen LogP contribution < -0.4 is 10.5 Å². The molecule has 2 rings (SSSR count). The lowest BCUT2D eigenvalue weighted by Crippen LogP contribution is -2.05. The third kappa shape index (κ3) is 3.85. The molecule has 0 radical (unpaired) electrons. The SMILES string of the molecule is Cc1cc(CCCN)c(C)c(OCc2ccccc2)c1C.